The van der Waals surface area contributed by atoms with E-state index in [2.05, 4.69) is 32.2 Å². The summed E-state index contributed by atoms with van der Waals surface area (Å²) in [5, 5.41) is 3.53. The lowest BCUT2D eigenvalue weighted by molar-refractivity contribution is 0.101. The van der Waals surface area contributed by atoms with E-state index in [0.717, 1.165) is 35.4 Å². The van der Waals surface area contributed by atoms with Gasteiger partial charge in [-0.1, -0.05) is 25.1 Å². The van der Waals surface area contributed by atoms with E-state index in [1.54, 1.807) is 13.3 Å². The second-order valence-corrected chi connectivity index (χ2v) is 8.39. The summed E-state index contributed by atoms with van der Waals surface area (Å²) in [5.41, 5.74) is 11.4. The molecule has 0 radical (unpaired) electrons. The predicted molar refractivity (Wildman–Crippen MR) is 123 cm³/mol. The Morgan fingerprint density at radius 3 is 2.62 bits per heavy atom. The molecule has 0 spiro atoms. The molecular weight excluding hydrogens is 404 g/mol. The number of carbonyl (C=O) groups is 1. The van der Waals surface area contributed by atoms with Crippen molar-refractivity contribution in [3.05, 3.63) is 65.7 Å². The highest BCUT2D eigenvalue weighted by atomic mass is 16.5. The highest BCUT2D eigenvalue weighted by Crippen LogP contribution is 2.52. The molecular formula is C24H24N6O2. The first kappa shape index (κ1) is 20.1. The Bertz CT molecular complexity index is 1290. The van der Waals surface area contributed by atoms with Crippen LogP contribution in [-0.4, -0.2) is 33.0 Å². The molecule has 0 saturated heterocycles. The van der Waals surface area contributed by atoms with Crippen molar-refractivity contribution in [1.29, 1.82) is 0 Å². The molecule has 0 aliphatic heterocycles. The lowest BCUT2D eigenvalue weighted by Crippen LogP contribution is -2.16. The Morgan fingerprint density at radius 2 is 1.97 bits per heavy atom. The summed E-state index contributed by atoms with van der Waals surface area (Å²) in [6.07, 6.45) is 3.89. The first-order valence-electron chi connectivity index (χ1n) is 10.5. The van der Waals surface area contributed by atoms with E-state index in [-0.39, 0.29) is 17.1 Å². The Balaban J connectivity index is 1.53. The van der Waals surface area contributed by atoms with Gasteiger partial charge in [0.15, 0.2) is 0 Å². The van der Waals surface area contributed by atoms with Crippen LogP contribution in [0.3, 0.4) is 0 Å². The summed E-state index contributed by atoms with van der Waals surface area (Å²) >= 11 is 0. The van der Waals surface area contributed by atoms with Gasteiger partial charge in [0.2, 0.25) is 5.82 Å². The van der Waals surface area contributed by atoms with Crippen LogP contribution in [0.25, 0.3) is 22.3 Å². The Kier molecular flexibility index (Phi) is 4.86. The van der Waals surface area contributed by atoms with E-state index >= 15 is 0 Å². The number of H-pyrrole nitrogens is 1. The van der Waals surface area contributed by atoms with Gasteiger partial charge in [-0.25, -0.2) is 9.97 Å². The Labute approximate surface area is 185 Å². The number of pyridine rings is 1. The van der Waals surface area contributed by atoms with Crippen molar-refractivity contribution in [3.63, 3.8) is 0 Å². The van der Waals surface area contributed by atoms with Gasteiger partial charge in [0, 0.05) is 35.7 Å². The highest BCUT2D eigenvalue weighted by Gasteiger charge is 2.43. The molecule has 162 valence electrons. The van der Waals surface area contributed by atoms with Crippen LogP contribution in [-0.2, 0) is 16.8 Å². The zero-order valence-corrected chi connectivity index (χ0v) is 18.0. The van der Waals surface area contributed by atoms with E-state index in [4.69, 9.17) is 10.5 Å². The molecule has 1 aromatic carbocycles. The molecule has 0 bridgehead atoms. The normalized spacial score (nSPS) is 14.4. The summed E-state index contributed by atoms with van der Waals surface area (Å²) in [4.78, 5) is 29.7. The van der Waals surface area contributed by atoms with Gasteiger partial charge in [-0.2, -0.15) is 0 Å². The number of nitrogen functional groups attached to an aromatic ring is 1. The molecule has 8 nitrogen and oxygen atoms in total. The van der Waals surface area contributed by atoms with Crippen LogP contribution in [0.5, 0.6) is 0 Å². The third kappa shape index (κ3) is 3.58. The number of nitrogens with zero attached hydrogens (tertiary/aromatic N) is 3. The maximum Gasteiger partial charge on any atom is 0.293 e. The van der Waals surface area contributed by atoms with Crippen LogP contribution in [0, 0.1) is 0 Å². The molecule has 4 aromatic rings. The molecule has 0 unspecified atom stereocenters. The average molecular weight is 428 g/mol. The van der Waals surface area contributed by atoms with Gasteiger partial charge < -0.3 is 20.8 Å². The van der Waals surface area contributed by atoms with E-state index in [0.29, 0.717) is 23.3 Å². The molecule has 32 heavy (non-hydrogen) atoms. The lowest BCUT2D eigenvalue weighted by Gasteiger charge is -2.10. The maximum absolute atomic E-state index is 12.8. The fourth-order valence-electron chi connectivity index (χ4n) is 3.92. The SMILES string of the molecule is COCc1ccc(NC(=O)c2nc(N)c3c(-c4ccccn4)c(C4(C)CC4)[nH]c3n2)cc1. The first-order chi connectivity index (χ1) is 15.5. The van der Waals surface area contributed by atoms with Gasteiger partial charge >= 0.3 is 0 Å². The molecule has 1 aliphatic carbocycles. The topological polar surface area (TPSA) is 119 Å². The highest BCUT2D eigenvalue weighted by molar-refractivity contribution is 6.06. The van der Waals surface area contributed by atoms with E-state index in [1.165, 1.54) is 0 Å². The second kappa shape index (κ2) is 7.72. The van der Waals surface area contributed by atoms with Crippen LogP contribution in [0.4, 0.5) is 11.5 Å². The number of anilines is 2. The number of aromatic nitrogens is 4. The Hall–Kier alpha value is -3.78. The van der Waals surface area contributed by atoms with Crippen LogP contribution in [0.2, 0.25) is 0 Å². The molecule has 8 heteroatoms. The molecule has 4 N–H and O–H groups in total. The molecule has 1 saturated carbocycles. The molecule has 3 aromatic heterocycles. The number of carbonyl (C=O) groups excluding carboxylic acids is 1. The van der Waals surface area contributed by atoms with Gasteiger partial charge in [0.1, 0.15) is 11.5 Å². The molecule has 1 fully saturated rings. The summed E-state index contributed by atoms with van der Waals surface area (Å²) in [6, 6.07) is 13.2. The zero-order valence-electron chi connectivity index (χ0n) is 18.0. The van der Waals surface area contributed by atoms with Crippen molar-refractivity contribution in [2.45, 2.75) is 31.8 Å². The number of fused-ring (bicyclic) bond motifs is 1. The van der Waals surface area contributed by atoms with Crippen molar-refractivity contribution < 1.29 is 9.53 Å². The number of nitrogens with one attached hydrogen (secondary N) is 2. The monoisotopic (exact) mass is 428 g/mol. The smallest absolute Gasteiger partial charge is 0.293 e. The first-order valence-corrected chi connectivity index (χ1v) is 10.5. The van der Waals surface area contributed by atoms with Crippen molar-refractivity contribution >= 4 is 28.4 Å². The lowest BCUT2D eigenvalue weighted by atomic mass is 9.97. The number of hydrogen-bond donors (Lipinski definition) is 3. The van der Waals surface area contributed by atoms with Crippen LogP contribution in [0.15, 0.2) is 48.7 Å². The number of methoxy groups -OCH3 is 1. The number of benzene rings is 1. The summed E-state index contributed by atoms with van der Waals surface area (Å²) < 4.78 is 5.11. The summed E-state index contributed by atoms with van der Waals surface area (Å²) in [7, 11) is 1.64. The minimum Gasteiger partial charge on any atom is -0.383 e. The molecule has 1 amide bonds. The van der Waals surface area contributed by atoms with Gasteiger partial charge in [0.25, 0.3) is 5.91 Å². The quantitative estimate of drug-likeness (QED) is 0.426. The van der Waals surface area contributed by atoms with Gasteiger partial charge in [-0.05, 0) is 42.7 Å². The van der Waals surface area contributed by atoms with Crippen LogP contribution in [0.1, 0.15) is 41.6 Å². The molecule has 0 atom stereocenters. The average Bonchev–Trinajstić information content (AvgIpc) is 3.41. The van der Waals surface area contributed by atoms with Gasteiger partial charge in [-0.3, -0.25) is 9.78 Å². The number of ether oxygens (including phenoxy) is 1. The Morgan fingerprint density at radius 1 is 1.19 bits per heavy atom. The van der Waals surface area contributed by atoms with Crippen molar-refractivity contribution in [2.24, 2.45) is 0 Å². The van der Waals surface area contributed by atoms with E-state index in [9.17, 15) is 4.79 Å². The molecule has 3 heterocycles. The second-order valence-electron chi connectivity index (χ2n) is 8.39. The number of aromatic amines is 1. The van der Waals surface area contributed by atoms with Crippen molar-refractivity contribution in [2.75, 3.05) is 18.2 Å². The van der Waals surface area contributed by atoms with E-state index < -0.39 is 5.91 Å². The predicted octanol–water partition coefficient (Wildman–Crippen LogP) is 4.05. The largest absolute Gasteiger partial charge is 0.383 e. The standard InChI is InChI=1S/C24H24N6O2/c1-24(10-11-24)19-17(16-5-3-4-12-26-16)18-20(25)29-22(30-21(18)28-19)23(31)27-15-8-6-14(7-9-15)13-32-2/h3-9,12H,10-11,13H2,1-2H3,(H,27,31)(H3,25,28,29,30). The number of amides is 1. The zero-order chi connectivity index (χ0) is 22.3. The summed E-state index contributed by atoms with van der Waals surface area (Å²) in [6.45, 7) is 2.71. The van der Waals surface area contributed by atoms with Crippen molar-refractivity contribution in [1.82, 2.24) is 19.9 Å². The summed E-state index contributed by atoms with van der Waals surface area (Å²) in [5.74, 6) is -0.161. The minimum absolute atomic E-state index is 0.0114. The van der Waals surface area contributed by atoms with E-state index in [1.807, 2.05) is 42.5 Å². The number of nitrogens with two attached hydrogens (primary N) is 1. The minimum atomic E-state index is -0.425. The maximum atomic E-state index is 12.8. The number of hydrogen-bond acceptors (Lipinski definition) is 6. The fraction of sp³-hybridized carbons (Fsp3) is 0.250. The van der Waals surface area contributed by atoms with Crippen LogP contribution < -0.4 is 11.1 Å². The molecule has 1 aliphatic rings. The molecule has 5 rings (SSSR count). The third-order valence-corrected chi connectivity index (χ3v) is 5.93. The fourth-order valence-corrected chi connectivity index (χ4v) is 3.92. The van der Waals surface area contributed by atoms with Crippen molar-refractivity contribution in [3.8, 4) is 11.3 Å². The third-order valence-electron chi connectivity index (χ3n) is 5.93. The van der Waals surface area contributed by atoms with Gasteiger partial charge in [0.05, 0.1) is 17.7 Å². The van der Waals surface area contributed by atoms with Crippen LogP contribution >= 0.6 is 0 Å². The van der Waals surface area contributed by atoms with Gasteiger partial charge in [-0.15, -0.1) is 0 Å². The number of rotatable bonds is 6.